The fourth-order valence-electron chi connectivity index (χ4n) is 3.77. The molecular formula is C18H22N6O4S. The Bertz CT molecular complexity index is 1120. The predicted octanol–water partition coefficient (Wildman–Crippen LogP) is 0.802. The quantitative estimate of drug-likeness (QED) is 0.533. The third-order valence-corrected chi connectivity index (χ3v) is 5.61. The number of imidazole rings is 1. The molecule has 11 heteroatoms. The minimum Gasteiger partial charge on any atom is -0.393 e. The highest BCUT2D eigenvalue weighted by Crippen LogP contribution is 2.31. The smallest absolute Gasteiger partial charge is 0.333 e. The highest BCUT2D eigenvalue weighted by molar-refractivity contribution is 7.84. The molecule has 0 saturated heterocycles. The molecule has 0 radical (unpaired) electrons. The molecule has 0 spiro atoms. The van der Waals surface area contributed by atoms with Gasteiger partial charge in [-0.1, -0.05) is 30.3 Å². The fourth-order valence-corrected chi connectivity index (χ4v) is 4.13. The number of anilines is 1. The van der Waals surface area contributed by atoms with Gasteiger partial charge >= 0.3 is 10.3 Å². The lowest BCUT2D eigenvalue weighted by Gasteiger charge is -2.14. The molecule has 1 fully saturated rings. The molecule has 1 saturated carbocycles. The molecule has 1 aromatic carbocycles. The maximum absolute atomic E-state index is 11.0. The number of aromatic nitrogens is 4. The van der Waals surface area contributed by atoms with E-state index >= 15 is 0 Å². The number of fused-ring (bicyclic) bond motifs is 1. The molecule has 1 unspecified atom stereocenters. The topological polar surface area (TPSA) is 145 Å². The molecule has 29 heavy (non-hydrogen) atoms. The summed E-state index contributed by atoms with van der Waals surface area (Å²) in [4.78, 5) is 13.3. The predicted molar refractivity (Wildman–Crippen MR) is 107 cm³/mol. The van der Waals surface area contributed by atoms with Gasteiger partial charge in [0.25, 0.3) is 0 Å². The highest BCUT2D eigenvalue weighted by atomic mass is 32.2. The van der Waals surface area contributed by atoms with E-state index < -0.39 is 16.4 Å². The molecule has 4 N–H and O–H groups in total. The number of nitrogens with one attached hydrogen (secondary N) is 1. The Balaban J connectivity index is 1.57. The van der Waals surface area contributed by atoms with E-state index in [4.69, 9.17) is 5.14 Å². The van der Waals surface area contributed by atoms with Crippen LogP contribution in [0.1, 0.15) is 12.8 Å². The van der Waals surface area contributed by atoms with Gasteiger partial charge in [-0.3, -0.25) is 4.18 Å². The van der Waals surface area contributed by atoms with Gasteiger partial charge in [-0.25, -0.2) is 20.1 Å². The molecule has 10 nitrogen and oxygen atoms in total. The van der Waals surface area contributed by atoms with E-state index in [1.54, 1.807) is 0 Å². The summed E-state index contributed by atoms with van der Waals surface area (Å²) in [5.74, 6) is 1.04. The summed E-state index contributed by atoms with van der Waals surface area (Å²) in [6.45, 7) is -0.152. The average molecular weight is 418 g/mol. The van der Waals surface area contributed by atoms with Gasteiger partial charge in [-0.05, 0) is 12.8 Å². The second-order valence-electron chi connectivity index (χ2n) is 7.17. The van der Waals surface area contributed by atoms with Crippen LogP contribution >= 0.6 is 0 Å². The molecular weight excluding hydrogens is 396 g/mol. The number of nitrogens with zero attached hydrogens (tertiary/aromatic N) is 4. The summed E-state index contributed by atoms with van der Waals surface area (Å²) >= 11 is 0. The largest absolute Gasteiger partial charge is 0.393 e. The first kappa shape index (κ1) is 19.7. The molecule has 0 aliphatic heterocycles. The van der Waals surface area contributed by atoms with E-state index in [9.17, 15) is 13.5 Å². The molecule has 1 aliphatic carbocycles. The monoisotopic (exact) mass is 418 g/mol. The fraction of sp³-hybridized carbons (Fsp3) is 0.389. The van der Waals surface area contributed by atoms with Crippen molar-refractivity contribution in [1.82, 2.24) is 19.5 Å². The van der Waals surface area contributed by atoms with Crippen LogP contribution in [-0.4, -0.2) is 51.8 Å². The lowest BCUT2D eigenvalue weighted by molar-refractivity contribution is 0.101. The Morgan fingerprint density at radius 3 is 2.76 bits per heavy atom. The number of aliphatic hydroxyl groups excluding tert-OH is 1. The molecule has 3 aromatic rings. The molecule has 154 valence electrons. The zero-order valence-corrected chi connectivity index (χ0v) is 16.6. The first-order valence-electron chi connectivity index (χ1n) is 9.16. The summed E-state index contributed by atoms with van der Waals surface area (Å²) in [5, 5.41) is 18.5. The number of hydrogen-bond donors (Lipinski definition) is 3. The van der Waals surface area contributed by atoms with Gasteiger partial charge in [-0.2, -0.15) is 8.42 Å². The Hall–Kier alpha value is -2.60. The summed E-state index contributed by atoms with van der Waals surface area (Å²) < 4.78 is 28.6. The van der Waals surface area contributed by atoms with Gasteiger partial charge in [0.15, 0.2) is 11.5 Å². The number of hydrogen-bond acceptors (Lipinski definition) is 8. The zero-order valence-electron chi connectivity index (χ0n) is 15.8. The van der Waals surface area contributed by atoms with Crippen molar-refractivity contribution >= 4 is 27.3 Å². The number of nitrogens with two attached hydrogens (primary N) is 1. The third kappa shape index (κ3) is 4.22. The van der Waals surface area contributed by atoms with Gasteiger partial charge in [0, 0.05) is 24.6 Å². The number of rotatable bonds is 6. The lowest BCUT2D eigenvalue weighted by Crippen LogP contribution is -2.24. The van der Waals surface area contributed by atoms with E-state index in [1.807, 2.05) is 41.9 Å². The maximum Gasteiger partial charge on any atom is 0.333 e. The van der Waals surface area contributed by atoms with Crippen LogP contribution < -0.4 is 10.5 Å². The van der Waals surface area contributed by atoms with Gasteiger partial charge < -0.3 is 15.0 Å². The minimum atomic E-state index is -4.03. The number of aliphatic hydroxyl groups is 1. The van der Waals surface area contributed by atoms with Crippen molar-refractivity contribution in [3.8, 4) is 11.4 Å². The van der Waals surface area contributed by atoms with E-state index in [2.05, 4.69) is 24.5 Å². The Morgan fingerprint density at radius 1 is 1.28 bits per heavy atom. The number of benzene rings is 1. The Morgan fingerprint density at radius 2 is 2.03 bits per heavy atom. The van der Waals surface area contributed by atoms with Crippen LogP contribution in [-0.2, 0) is 21.5 Å². The molecule has 1 aliphatic rings. The molecule has 3 atom stereocenters. The summed E-state index contributed by atoms with van der Waals surface area (Å²) in [6.07, 6.45) is 1.71. The average Bonchev–Trinajstić information content (AvgIpc) is 3.20. The van der Waals surface area contributed by atoms with Crippen molar-refractivity contribution in [3.63, 3.8) is 0 Å². The molecule has 0 amide bonds. The van der Waals surface area contributed by atoms with Gasteiger partial charge in [0.1, 0.15) is 17.7 Å². The van der Waals surface area contributed by atoms with Crippen molar-refractivity contribution < 1.29 is 17.7 Å². The summed E-state index contributed by atoms with van der Waals surface area (Å²) in [5.41, 5.74) is 2.29. The minimum absolute atomic E-state index is 0.104. The van der Waals surface area contributed by atoms with Crippen LogP contribution in [0, 0.1) is 5.92 Å². The van der Waals surface area contributed by atoms with E-state index in [1.165, 1.54) is 6.33 Å². The Kier molecular flexibility index (Phi) is 5.21. The van der Waals surface area contributed by atoms with Crippen molar-refractivity contribution in [2.24, 2.45) is 18.1 Å². The lowest BCUT2D eigenvalue weighted by atomic mass is 10.1. The van der Waals surface area contributed by atoms with Crippen LogP contribution in [0.3, 0.4) is 0 Å². The van der Waals surface area contributed by atoms with E-state index in [-0.39, 0.29) is 18.6 Å². The van der Waals surface area contributed by atoms with Crippen LogP contribution in [0.4, 0.5) is 5.82 Å². The molecule has 4 rings (SSSR count). The molecule has 2 heterocycles. The highest BCUT2D eigenvalue weighted by Gasteiger charge is 2.34. The van der Waals surface area contributed by atoms with Gasteiger partial charge in [-0.15, -0.1) is 0 Å². The third-order valence-electron chi connectivity index (χ3n) is 5.14. The summed E-state index contributed by atoms with van der Waals surface area (Å²) in [6, 6.07) is 9.69. The van der Waals surface area contributed by atoms with Crippen LogP contribution in [0.15, 0.2) is 36.7 Å². The van der Waals surface area contributed by atoms with Gasteiger partial charge in [0.05, 0.1) is 12.7 Å². The standard InChI is InChI=1S/C18H22N6O4S/c1-24-15-16(22-13-7-12(14(25)8-13)9-28-29(19,26)27)20-10-21-17(15)23-18(24)11-5-3-2-4-6-11/h2-6,10,12-14,25H,7-9H2,1H3,(H2,19,26,27)(H,20,21,22)/t12?,13-,14+/m1/s1. The Labute approximate surface area is 168 Å². The van der Waals surface area contributed by atoms with Crippen molar-refractivity contribution in [2.45, 2.75) is 25.0 Å². The van der Waals surface area contributed by atoms with E-state index in [0.29, 0.717) is 24.3 Å². The van der Waals surface area contributed by atoms with Gasteiger partial charge in [0.2, 0.25) is 0 Å². The number of aryl methyl sites for hydroxylation is 1. The van der Waals surface area contributed by atoms with Crippen LogP contribution in [0.5, 0.6) is 0 Å². The van der Waals surface area contributed by atoms with Crippen LogP contribution in [0.25, 0.3) is 22.6 Å². The molecule has 2 aromatic heterocycles. The van der Waals surface area contributed by atoms with Crippen LogP contribution in [0.2, 0.25) is 0 Å². The second kappa shape index (κ2) is 7.67. The van der Waals surface area contributed by atoms with Crippen molar-refractivity contribution in [1.29, 1.82) is 0 Å². The normalized spacial score (nSPS) is 22.2. The first-order valence-corrected chi connectivity index (χ1v) is 10.6. The molecule has 0 bridgehead atoms. The zero-order chi connectivity index (χ0) is 20.6. The second-order valence-corrected chi connectivity index (χ2v) is 8.39. The summed E-state index contributed by atoms with van der Waals surface area (Å²) in [7, 11) is -2.13. The first-order chi connectivity index (χ1) is 13.8. The maximum atomic E-state index is 11.0. The van der Waals surface area contributed by atoms with E-state index in [0.717, 1.165) is 16.9 Å². The van der Waals surface area contributed by atoms with Crippen molar-refractivity contribution in [2.75, 3.05) is 11.9 Å². The van der Waals surface area contributed by atoms with Crippen molar-refractivity contribution in [3.05, 3.63) is 36.7 Å². The SMILES string of the molecule is Cn1c(-c2ccccc2)nc2ncnc(N[C@@H]3CC(COS(N)(=O)=O)[C@@H](O)C3)c21.